The predicted octanol–water partition coefficient (Wildman–Crippen LogP) is 3.39. The molecule has 0 aliphatic heterocycles. The Hall–Kier alpha value is -2.70. The maximum Gasteiger partial charge on any atom is 0.243 e. The summed E-state index contributed by atoms with van der Waals surface area (Å²) in [5, 5.41) is 5.00. The number of likely N-dealkylation sites (N-methyl/N-ethyl adjacent to an activating group) is 1. The molecule has 0 aromatic heterocycles. The van der Waals surface area contributed by atoms with Crippen LogP contribution in [0.3, 0.4) is 0 Å². The standard InChI is InChI=1S/C22H24N2O3S/c1-16-11-12-17(2)21(13-16)28(26,27)24(3)15-22(25)23-14-19-9-6-8-18-7-4-5-10-20(18)19/h4-13H,14-15H2,1-3H3,(H,23,25). The lowest BCUT2D eigenvalue weighted by atomic mass is 10.0. The molecule has 3 aromatic carbocycles. The number of fused-ring (bicyclic) bond motifs is 1. The molecule has 0 saturated heterocycles. The minimum absolute atomic E-state index is 0.233. The molecule has 6 heteroatoms. The van der Waals surface area contributed by atoms with Gasteiger partial charge in [0.25, 0.3) is 0 Å². The van der Waals surface area contributed by atoms with Gasteiger partial charge in [0.2, 0.25) is 15.9 Å². The molecule has 1 amide bonds. The van der Waals surface area contributed by atoms with E-state index in [1.165, 1.54) is 7.05 Å². The van der Waals surface area contributed by atoms with E-state index >= 15 is 0 Å². The summed E-state index contributed by atoms with van der Waals surface area (Å²) in [6, 6.07) is 19.2. The predicted molar refractivity (Wildman–Crippen MR) is 112 cm³/mol. The molecule has 5 nitrogen and oxygen atoms in total. The third-order valence-electron chi connectivity index (χ3n) is 4.75. The Morgan fingerprint density at radius 3 is 2.50 bits per heavy atom. The number of carbonyl (C=O) groups is 1. The number of benzene rings is 3. The maximum absolute atomic E-state index is 12.8. The van der Waals surface area contributed by atoms with Gasteiger partial charge >= 0.3 is 0 Å². The number of rotatable bonds is 6. The zero-order chi connectivity index (χ0) is 20.3. The molecule has 3 rings (SSSR count). The van der Waals surface area contributed by atoms with E-state index in [1.807, 2.05) is 55.5 Å². The van der Waals surface area contributed by atoms with Gasteiger partial charge in [-0.1, -0.05) is 54.6 Å². The van der Waals surface area contributed by atoms with Crippen LogP contribution in [0, 0.1) is 13.8 Å². The molecule has 0 radical (unpaired) electrons. The van der Waals surface area contributed by atoms with E-state index in [1.54, 1.807) is 19.1 Å². The highest BCUT2D eigenvalue weighted by molar-refractivity contribution is 7.89. The largest absolute Gasteiger partial charge is 0.351 e. The van der Waals surface area contributed by atoms with Crippen LogP contribution in [0.4, 0.5) is 0 Å². The third-order valence-corrected chi connectivity index (χ3v) is 6.70. The number of amides is 1. The molecule has 0 heterocycles. The Kier molecular flexibility index (Phi) is 5.82. The Morgan fingerprint density at radius 1 is 1.00 bits per heavy atom. The summed E-state index contributed by atoms with van der Waals surface area (Å²) in [6.45, 7) is 3.70. The Labute approximate surface area is 166 Å². The van der Waals surface area contributed by atoms with E-state index < -0.39 is 10.0 Å². The first kappa shape index (κ1) is 20.0. The van der Waals surface area contributed by atoms with Gasteiger partial charge in [-0.05, 0) is 47.4 Å². The van der Waals surface area contributed by atoms with Gasteiger partial charge in [-0.2, -0.15) is 4.31 Å². The second kappa shape index (κ2) is 8.12. The van der Waals surface area contributed by atoms with Crippen molar-refractivity contribution in [3.63, 3.8) is 0 Å². The summed E-state index contributed by atoms with van der Waals surface area (Å²) in [5.41, 5.74) is 2.51. The lowest BCUT2D eigenvalue weighted by Crippen LogP contribution is -2.38. The van der Waals surface area contributed by atoms with Crippen molar-refractivity contribution in [1.82, 2.24) is 9.62 Å². The van der Waals surface area contributed by atoms with Crippen LogP contribution in [0.25, 0.3) is 10.8 Å². The quantitative estimate of drug-likeness (QED) is 0.694. The highest BCUT2D eigenvalue weighted by atomic mass is 32.2. The number of hydrogen-bond acceptors (Lipinski definition) is 3. The first-order valence-corrected chi connectivity index (χ1v) is 10.5. The fourth-order valence-electron chi connectivity index (χ4n) is 3.14. The van der Waals surface area contributed by atoms with Crippen molar-refractivity contribution in [2.24, 2.45) is 0 Å². The summed E-state index contributed by atoms with van der Waals surface area (Å²) in [6.07, 6.45) is 0. The number of nitrogens with zero attached hydrogens (tertiary/aromatic N) is 1. The van der Waals surface area contributed by atoms with Crippen molar-refractivity contribution >= 4 is 26.7 Å². The molecule has 0 bridgehead atoms. The molecule has 0 unspecified atom stereocenters. The van der Waals surface area contributed by atoms with E-state index in [9.17, 15) is 13.2 Å². The topological polar surface area (TPSA) is 66.5 Å². The van der Waals surface area contributed by atoms with Gasteiger partial charge in [-0.15, -0.1) is 0 Å². The summed E-state index contributed by atoms with van der Waals surface area (Å²) >= 11 is 0. The number of sulfonamides is 1. The minimum Gasteiger partial charge on any atom is -0.351 e. The SMILES string of the molecule is Cc1ccc(C)c(S(=O)(=O)N(C)CC(=O)NCc2cccc3ccccc23)c1. The first-order valence-electron chi connectivity index (χ1n) is 9.06. The van der Waals surface area contributed by atoms with Crippen molar-refractivity contribution in [3.8, 4) is 0 Å². The summed E-state index contributed by atoms with van der Waals surface area (Å²) in [5.74, 6) is -0.343. The lowest BCUT2D eigenvalue weighted by Gasteiger charge is -2.19. The van der Waals surface area contributed by atoms with Gasteiger partial charge in [0.05, 0.1) is 11.4 Å². The Balaban J connectivity index is 1.69. The molecular weight excluding hydrogens is 372 g/mol. The van der Waals surface area contributed by atoms with Crippen LogP contribution in [0.5, 0.6) is 0 Å². The van der Waals surface area contributed by atoms with Crippen LogP contribution in [-0.4, -0.2) is 32.2 Å². The number of aryl methyl sites for hydroxylation is 2. The molecule has 0 fully saturated rings. The molecule has 1 N–H and O–H groups in total. The van der Waals surface area contributed by atoms with Gasteiger partial charge < -0.3 is 5.32 Å². The lowest BCUT2D eigenvalue weighted by molar-refractivity contribution is -0.121. The van der Waals surface area contributed by atoms with Crippen molar-refractivity contribution in [1.29, 1.82) is 0 Å². The van der Waals surface area contributed by atoms with E-state index in [0.29, 0.717) is 12.1 Å². The van der Waals surface area contributed by atoms with E-state index in [-0.39, 0.29) is 17.3 Å². The molecule has 0 atom stereocenters. The smallest absolute Gasteiger partial charge is 0.243 e. The average molecular weight is 397 g/mol. The van der Waals surface area contributed by atoms with Gasteiger partial charge in [-0.25, -0.2) is 8.42 Å². The fraction of sp³-hybridized carbons (Fsp3) is 0.227. The zero-order valence-corrected chi connectivity index (χ0v) is 17.1. The second-order valence-corrected chi connectivity index (χ2v) is 8.96. The highest BCUT2D eigenvalue weighted by Crippen LogP contribution is 2.20. The first-order chi connectivity index (χ1) is 13.3. The molecule has 3 aromatic rings. The zero-order valence-electron chi connectivity index (χ0n) is 16.3. The van der Waals surface area contributed by atoms with Crippen LogP contribution in [-0.2, 0) is 21.4 Å². The fourth-order valence-corrected chi connectivity index (χ4v) is 4.57. The van der Waals surface area contributed by atoms with E-state index in [2.05, 4.69) is 5.32 Å². The molecule has 0 aliphatic rings. The van der Waals surface area contributed by atoms with Crippen molar-refractivity contribution in [3.05, 3.63) is 77.4 Å². The number of carbonyl (C=O) groups excluding carboxylic acids is 1. The summed E-state index contributed by atoms with van der Waals surface area (Å²) < 4.78 is 26.8. The van der Waals surface area contributed by atoms with Crippen molar-refractivity contribution in [2.75, 3.05) is 13.6 Å². The van der Waals surface area contributed by atoms with Gasteiger partial charge in [-0.3, -0.25) is 4.79 Å². The van der Waals surface area contributed by atoms with E-state index in [0.717, 1.165) is 26.2 Å². The van der Waals surface area contributed by atoms with Crippen LogP contribution in [0.2, 0.25) is 0 Å². The summed E-state index contributed by atoms with van der Waals surface area (Å²) in [4.78, 5) is 12.6. The molecular formula is C22H24N2O3S. The molecule has 0 saturated carbocycles. The Bertz CT molecular complexity index is 1120. The minimum atomic E-state index is -3.73. The van der Waals surface area contributed by atoms with Crippen molar-refractivity contribution < 1.29 is 13.2 Å². The monoisotopic (exact) mass is 396 g/mol. The highest BCUT2D eigenvalue weighted by Gasteiger charge is 2.24. The summed E-state index contributed by atoms with van der Waals surface area (Å²) in [7, 11) is -2.31. The molecule has 0 spiro atoms. The van der Waals surface area contributed by atoms with Crippen LogP contribution in [0.1, 0.15) is 16.7 Å². The number of nitrogens with one attached hydrogen (secondary N) is 1. The van der Waals surface area contributed by atoms with Crippen LogP contribution < -0.4 is 5.32 Å². The molecule has 146 valence electrons. The normalized spacial score (nSPS) is 11.7. The van der Waals surface area contributed by atoms with Crippen LogP contribution >= 0.6 is 0 Å². The number of hydrogen-bond donors (Lipinski definition) is 1. The Morgan fingerprint density at radius 2 is 1.71 bits per heavy atom. The van der Waals surface area contributed by atoms with Gasteiger partial charge in [0, 0.05) is 13.6 Å². The van der Waals surface area contributed by atoms with Gasteiger partial charge in [0.15, 0.2) is 0 Å². The average Bonchev–Trinajstić information content (AvgIpc) is 2.68. The molecule has 0 aliphatic carbocycles. The van der Waals surface area contributed by atoms with E-state index in [4.69, 9.17) is 0 Å². The molecule has 28 heavy (non-hydrogen) atoms. The second-order valence-electron chi connectivity index (χ2n) is 6.95. The maximum atomic E-state index is 12.8. The third kappa shape index (κ3) is 4.24. The van der Waals surface area contributed by atoms with Gasteiger partial charge in [0.1, 0.15) is 0 Å². The van der Waals surface area contributed by atoms with Crippen LogP contribution in [0.15, 0.2) is 65.6 Å². The van der Waals surface area contributed by atoms with Crippen molar-refractivity contribution in [2.45, 2.75) is 25.3 Å².